The van der Waals surface area contributed by atoms with Crippen molar-refractivity contribution in [3.8, 4) is 11.4 Å². The van der Waals surface area contributed by atoms with Crippen molar-refractivity contribution in [2.75, 3.05) is 6.61 Å². The fraction of sp³-hybridized carbons (Fsp3) is 0.308. The molecule has 0 saturated heterocycles. The third kappa shape index (κ3) is 4.01. The van der Waals surface area contributed by atoms with Gasteiger partial charge in [0, 0.05) is 5.56 Å². The van der Waals surface area contributed by atoms with Crippen molar-refractivity contribution in [3.63, 3.8) is 0 Å². The lowest BCUT2D eigenvalue weighted by Crippen LogP contribution is -2.07. The Morgan fingerprint density at radius 1 is 1.29 bits per heavy atom. The zero-order valence-electron chi connectivity index (χ0n) is 11.0. The largest absolute Gasteiger partial charge is 0.466 e. The smallest absolute Gasteiger partial charge is 0.416 e. The van der Waals surface area contributed by atoms with E-state index in [0.29, 0.717) is 16.4 Å². The number of hydrogen-bond donors (Lipinski definition) is 0. The van der Waals surface area contributed by atoms with Gasteiger partial charge in [-0.15, -0.1) is 0 Å². The van der Waals surface area contributed by atoms with Crippen LogP contribution < -0.4 is 0 Å². The summed E-state index contributed by atoms with van der Waals surface area (Å²) in [6.45, 7) is 1.98. The maximum Gasteiger partial charge on any atom is 0.416 e. The number of carbonyl (C=O) groups is 1. The van der Waals surface area contributed by atoms with Gasteiger partial charge in [-0.3, -0.25) is 4.79 Å². The molecule has 2 rings (SSSR count). The summed E-state index contributed by atoms with van der Waals surface area (Å²) >= 11 is 1.02. The molecule has 1 heterocycles. The third-order valence-corrected chi connectivity index (χ3v) is 3.25. The molecule has 0 N–H and O–H groups in total. The molecule has 0 saturated carbocycles. The van der Waals surface area contributed by atoms with Crippen LogP contribution >= 0.6 is 11.5 Å². The van der Waals surface area contributed by atoms with Crippen molar-refractivity contribution in [1.82, 2.24) is 9.36 Å². The van der Waals surface area contributed by atoms with Crippen LogP contribution in [0.15, 0.2) is 24.3 Å². The van der Waals surface area contributed by atoms with Gasteiger partial charge in [0.25, 0.3) is 0 Å². The molecule has 2 aromatic rings. The van der Waals surface area contributed by atoms with Gasteiger partial charge in [-0.2, -0.15) is 17.5 Å². The van der Waals surface area contributed by atoms with Crippen LogP contribution in [-0.2, 0) is 22.1 Å². The number of hydrogen-bond acceptors (Lipinski definition) is 5. The molecule has 0 radical (unpaired) electrons. The fourth-order valence-electron chi connectivity index (χ4n) is 1.59. The zero-order chi connectivity index (χ0) is 15.5. The molecule has 0 aliphatic carbocycles. The molecule has 0 spiro atoms. The van der Waals surface area contributed by atoms with Gasteiger partial charge in [-0.1, -0.05) is 12.1 Å². The normalized spacial score (nSPS) is 11.4. The molecular weight excluding hydrogens is 305 g/mol. The maximum atomic E-state index is 12.5. The van der Waals surface area contributed by atoms with Crippen LogP contribution in [0.3, 0.4) is 0 Å². The molecule has 0 unspecified atom stereocenters. The molecule has 0 aliphatic rings. The third-order valence-electron chi connectivity index (χ3n) is 2.54. The Morgan fingerprint density at radius 2 is 1.95 bits per heavy atom. The van der Waals surface area contributed by atoms with Gasteiger partial charge in [0.1, 0.15) is 5.01 Å². The predicted molar refractivity (Wildman–Crippen MR) is 70.7 cm³/mol. The van der Waals surface area contributed by atoms with Crippen LogP contribution in [0.4, 0.5) is 13.2 Å². The Labute approximate surface area is 122 Å². The summed E-state index contributed by atoms with van der Waals surface area (Å²) in [7, 11) is 0. The average molecular weight is 316 g/mol. The van der Waals surface area contributed by atoms with Crippen molar-refractivity contribution in [3.05, 3.63) is 34.8 Å². The molecule has 112 valence electrons. The first-order chi connectivity index (χ1) is 9.90. The van der Waals surface area contributed by atoms with E-state index in [1.807, 2.05) is 0 Å². The second-order valence-corrected chi connectivity index (χ2v) is 4.91. The lowest BCUT2D eigenvalue weighted by Gasteiger charge is -2.06. The quantitative estimate of drug-likeness (QED) is 0.812. The van der Waals surface area contributed by atoms with Gasteiger partial charge in [-0.05, 0) is 30.6 Å². The molecule has 21 heavy (non-hydrogen) atoms. The number of ether oxygens (including phenoxy) is 1. The van der Waals surface area contributed by atoms with Gasteiger partial charge in [-0.25, -0.2) is 4.98 Å². The second-order valence-electron chi connectivity index (χ2n) is 4.07. The van der Waals surface area contributed by atoms with Crippen molar-refractivity contribution in [2.45, 2.75) is 19.5 Å². The summed E-state index contributed by atoms with van der Waals surface area (Å²) in [6, 6.07) is 4.56. The Bertz CT molecular complexity index is 623. The van der Waals surface area contributed by atoms with Gasteiger partial charge in [0.2, 0.25) is 0 Å². The standard InChI is InChI=1S/C13H11F3N2O2S/c1-2-20-11(19)7-10-17-12(18-21-10)8-3-5-9(6-4-8)13(14,15)16/h3-6H,2,7H2,1H3. The Kier molecular flexibility index (Phi) is 4.56. The Balaban J connectivity index is 2.12. The minimum atomic E-state index is -4.37. The van der Waals surface area contributed by atoms with E-state index in [-0.39, 0.29) is 13.0 Å². The Hall–Kier alpha value is -1.96. The molecule has 0 amide bonds. The van der Waals surface area contributed by atoms with E-state index < -0.39 is 17.7 Å². The summed E-state index contributed by atoms with van der Waals surface area (Å²) in [5.74, 6) is -0.111. The van der Waals surface area contributed by atoms with Crippen LogP contribution in [0.1, 0.15) is 17.5 Å². The Morgan fingerprint density at radius 3 is 2.52 bits per heavy atom. The highest BCUT2D eigenvalue weighted by Gasteiger charge is 2.30. The first-order valence-corrected chi connectivity index (χ1v) is 6.83. The van der Waals surface area contributed by atoms with E-state index in [0.717, 1.165) is 23.7 Å². The van der Waals surface area contributed by atoms with Gasteiger partial charge >= 0.3 is 12.1 Å². The topological polar surface area (TPSA) is 52.1 Å². The van der Waals surface area contributed by atoms with E-state index in [1.165, 1.54) is 12.1 Å². The zero-order valence-corrected chi connectivity index (χ0v) is 11.8. The summed E-state index contributed by atoms with van der Waals surface area (Å²) in [6.07, 6.45) is -4.37. The number of alkyl halides is 3. The van der Waals surface area contributed by atoms with Gasteiger partial charge in [0.05, 0.1) is 18.6 Å². The number of benzene rings is 1. The maximum absolute atomic E-state index is 12.5. The average Bonchev–Trinajstić information content (AvgIpc) is 2.86. The van der Waals surface area contributed by atoms with E-state index in [2.05, 4.69) is 9.36 Å². The lowest BCUT2D eigenvalue weighted by molar-refractivity contribution is -0.142. The van der Waals surface area contributed by atoms with Crippen molar-refractivity contribution < 1.29 is 22.7 Å². The van der Waals surface area contributed by atoms with Crippen molar-refractivity contribution >= 4 is 17.5 Å². The van der Waals surface area contributed by atoms with Crippen LogP contribution in [0.5, 0.6) is 0 Å². The number of nitrogens with zero attached hydrogens (tertiary/aromatic N) is 2. The van der Waals surface area contributed by atoms with E-state index in [9.17, 15) is 18.0 Å². The molecule has 1 aromatic carbocycles. The van der Waals surface area contributed by atoms with Crippen LogP contribution in [-0.4, -0.2) is 21.9 Å². The number of esters is 1. The molecule has 0 atom stereocenters. The molecular formula is C13H11F3N2O2S. The van der Waals surface area contributed by atoms with E-state index in [1.54, 1.807) is 6.92 Å². The molecule has 0 aliphatic heterocycles. The minimum Gasteiger partial charge on any atom is -0.466 e. The summed E-state index contributed by atoms with van der Waals surface area (Å²) in [4.78, 5) is 15.4. The molecule has 4 nitrogen and oxygen atoms in total. The van der Waals surface area contributed by atoms with Crippen LogP contribution in [0, 0.1) is 0 Å². The number of carbonyl (C=O) groups excluding carboxylic acids is 1. The number of rotatable bonds is 4. The number of halogens is 3. The van der Waals surface area contributed by atoms with Crippen LogP contribution in [0.2, 0.25) is 0 Å². The highest BCUT2D eigenvalue weighted by molar-refractivity contribution is 7.05. The highest BCUT2D eigenvalue weighted by Crippen LogP contribution is 2.30. The fourth-order valence-corrected chi connectivity index (χ4v) is 2.24. The molecule has 0 bridgehead atoms. The predicted octanol–water partition coefficient (Wildman–Crippen LogP) is 3.33. The first-order valence-electron chi connectivity index (χ1n) is 6.06. The molecule has 8 heteroatoms. The highest BCUT2D eigenvalue weighted by atomic mass is 32.1. The van der Waals surface area contributed by atoms with Crippen molar-refractivity contribution in [1.29, 1.82) is 0 Å². The first kappa shape index (κ1) is 15.4. The summed E-state index contributed by atoms with van der Waals surface area (Å²) in [5.41, 5.74) is -0.261. The summed E-state index contributed by atoms with van der Waals surface area (Å²) < 4.78 is 46.2. The minimum absolute atomic E-state index is 0.00609. The molecule has 1 aromatic heterocycles. The monoisotopic (exact) mass is 316 g/mol. The number of aromatic nitrogens is 2. The van der Waals surface area contributed by atoms with E-state index >= 15 is 0 Å². The molecule has 0 fully saturated rings. The van der Waals surface area contributed by atoms with Crippen molar-refractivity contribution in [2.24, 2.45) is 0 Å². The lowest BCUT2D eigenvalue weighted by atomic mass is 10.1. The van der Waals surface area contributed by atoms with Gasteiger partial charge in [0.15, 0.2) is 5.82 Å². The SMILES string of the molecule is CCOC(=O)Cc1nc(-c2ccc(C(F)(F)F)cc2)ns1. The van der Waals surface area contributed by atoms with E-state index in [4.69, 9.17) is 4.74 Å². The van der Waals surface area contributed by atoms with Crippen LogP contribution in [0.25, 0.3) is 11.4 Å². The van der Waals surface area contributed by atoms with Gasteiger partial charge < -0.3 is 4.74 Å². The second kappa shape index (κ2) is 6.21. The summed E-state index contributed by atoms with van der Waals surface area (Å²) in [5, 5.41) is 0.461.